The monoisotopic (exact) mass is 323 g/mol. The van der Waals surface area contributed by atoms with Crippen LogP contribution in [-0.4, -0.2) is 35.2 Å². The second-order valence-corrected chi connectivity index (χ2v) is 4.50. The van der Waals surface area contributed by atoms with Gasteiger partial charge in [0.15, 0.2) is 6.29 Å². The van der Waals surface area contributed by atoms with Crippen molar-refractivity contribution < 1.29 is 33.8 Å². The zero-order valence-electron chi connectivity index (χ0n) is 11.8. The molecule has 0 saturated carbocycles. The van der Waals surface area contributed by atoms with Crippen molar-refractivity contribution in [1.29, 1.82) is 0 Å². The fourth-order valence-corrected chi connectivity index (χ4v) is 1.87. The van der Waals surface area contributed by atoms with Gasteiger partial charge in [-0.25, -0.2) is 9.59 Å². The number of rotatable bonds is 5. The van der Waals surface area contributed by atoms with Crippen molar-refractivity contribution in [2.24, 2.45) is 0 Å². The quantitative estimate of drug-likeness (QED) is 0.284. The third-order valence-corrected chi connectivity index (χ3v) is 2.85. The maximum Gasteiger partial charge on any atom is 0.336 e. The van der Waals surface area contributed by atoms with Crippen LogP contribution in [0.4, 0.5) is 5.69 Å². The first kappa shape index (κ1) is 16.6. The van der Waals surface area contributed by atoms with Crippen LogP contribution in [0.5, 0.6) is 5.75 Å². The highest BCUT2D eigenvalue weighted by Gasteiger charge is 2.23. The first-order valence-electron chi connectivity index (χ1n) is 6.62. The molecule has 122 valence electrons. The summed E-state index contributed by atoms with van der Waals surface area (Å²) >= 11 is 0. The van der Waals surface area contributed by atoms with Crippen LogP contribution in [0.1, 0.15) is 18.3 Å². The van der Waals surface area contributed by atoms with Crippen molar-refractivity contribution in [2.75, 3.05) is 13.2 Å². The number of aliphatic carboxylic acids is 1. The van der Waals surface area contributed by atoms with Gasteiger partial charge in [0.1, 0.15) is 0 Å². The van der Waals surface area contributed by atoms with Crippen molar-refractivity contribution >= 4 is 17.6 Å². The number of ether oxygens (including phenoxy) is 3. The number of hydrogen-bond acceptors (Lipinski definition) is 7. The van der Waals surface area contributed by atoms with Crippen molar-refractivity contribution in [3.8, 4) is 5.75 Å². The Balaban J connectivity index is 2.21. The van der Waals surface area contributed by atoms with Crippen LogP contribution < -0.4 is 4.74 Å². The Hall–Kier alpha value is -2.78. The number of esters is 1. The fourth-order valence-electron chi connectivity index (χ4n) is 1.87. The van der Waals surface area contributed by atoms with E-state index in [0.29, 0.717) is 30.9 Å². The average Bonchev–Trinajstić information content (AvgIpc) is 2.54. The highest BCUT2D eigenvalue weighted by atomic mass is 16.7. The molecule has 0 aliphatic carbocycles. The SMILES string of the molecule is O=C(O)/C=C/C(=O)Oc1ccc(C2OCCCO2)cc1[N+](=O)[O-]. The molecule has 1 aliphatic rings. The average molecular weight is 323 g/mol. The van der Waals surface area contributed by atoms with Gasteiger partial charge >= 0.3 is 17.6 Å². The third kappa shape index (κ3) is 4.59. The smallest absolute Gasteiger partial charge is 0.336 e. The third-order valence-electron chi connectivity index (χ3n) is 2.85. The summed E-state index contributed by atoms with van der Waals surface area (Å²) in [5.74, 6) is -2.67. The van der Waals surface area contributed by atoms with E-state index in [1.54, 1.807) is 0 Å². The molecule has 0 aromatic heterocycles. The van der Waals surface area contributed by atoms with E-state index in [9.17, 15) is 19.7 Å². The lowest BCUT2D eigenvalue weighted by atomic mass is 10.1. The van der Waals surface area contributed by atoms with Gasteiger partial charge in [-0.1, -0.05) is 0 Å². The molecule has 0 bridgehead atoms. The highest BCUT2D eigenvalue weighted by molar-refractivity contribution is 5.92. The Bertz CT molecular complexity index is 648. The molecular formula is C14H13NO8. The van der Waals surface area contributed by atoms with Crippen molar-refractivity contribution in [1.82, 2.24) is 0 Å². The van der Waals surface area contributed by atoms with Gasteiger partial charge < -0.3 is 19.3 Å². The second-order valence-electron chi connectivity index (χ2n) is 4.50. The summed E-state index contributed by atoms with van der Waals surface area (Å²) in [7, 11) is 0. The minimum Gasteiger partial charge on any atom is -0.478 e. The summed E-state index contributed by atoms with van der Waals surface area (Å²) in [5, 5.41) is 19.5. The van der Waals surface area contributed by atoms with Gasteiger partial charge in [-0.3, -0.25) is 10.1 Å². The summed E-state index contributed by atoms with van der Waals surface area (Å²) < 4.78 is 15.5. The normalized spacial score (nSPS) is 15.5. The van der Waals surface area contributed by atoms with Gasteiger partial charge in [-0.15, -0.1) is 0 Å². The summed E-state index contributed by atoms with van der Waals surface area (Å²) in [6.07, 6.45) is 1.27. The number of benzene rings is 1. The Labute approximate surface area is 130 Å². The van der Waals surface area contributed by atoms with Gasteiger partial charge in [0, 0.05) is 23.8 Å². The van der Waals surface area contributed by atoms with E-state index < -0.39 is 28.8 Å². The Kier molecular flexibility index (Phi) is 5.39. The molecule has 1 heterocycles. The Morgan fingerprint density at radius 1 is 1.30 bits per heavy atom. The van der Waals surface area contributed by atoms with Crippen LogP contribution >= 0.6 is 0 Å². The van der Waals surface area contributed by atoms with Gasteiger partial charge in [-0.2, -0.15) is 0 Å². The number of carbonyl (C=O) groups is 2. The van der Waals surface area contributed by atoms with Gasteiger partial charge in [0.2, 0.25) is 5.75 Å². The summed E-state index contributed by atoms with van der Waals surface area (Å²) in [4.78, 5) is 32.2. The molecule has 23 heavy (non-hydrogen) atoms. The zero-order valence-corrected chi connectivity index (χ0v) is 11.8. The van der Waals surface area contributed by atoms with E-state index in [0.717, 1.165) is 6.42 Å². The molecule has 9 heteroatoms. The molecule has 0 spiro atoms. The molecule has 1 saturated heterocycles. The first-order chi connectivity index (χ1) is 11.0. The van der Waals surface area contributed by atoms with Crippen LogP contribution in [-0.2, 0) is 19.1 Å². The molecule has 0 radical (unpaired) electrons. The number of nitro benzene ring substituents is 1. The molecule has 1 aliphatic heterocycles. The van der Waals surface area contributed by atoms with E-state index in [1.807, 2.05) is 0 Å². The van der Waals surface area contributed by atoms with Crippen LogP contribution in [0.2, 0.25) is 0 Å². The van der Waals surface area contributed by atoms with Gasteiger partial charge in [-0.05, 0) is 18.6 Å². The molecular weight excluding hydrogens is 310 g/mol. The van der Waals surface area contributed by atoms with E-state index in [-0.39, 0.29) is 5.75 Å². The van der Waals surface area contributed by atoms with Gasteiger partial charge in [0.05, 0.1) is 18.1 Å². The predicted molar refractivity (Wildman–Crippen MR) is 74.8 cm³/mol. The molecule has 0 unspecified atom stereocenters. The van der Waals surface area contributed by atoms with E-state index in [1.165, 1.54) is 18.2 Å². The van der Waals surface area contributed by atoms with E-state index in [4.69, 9.17) is 19.3 Å². The van der Waals surface area contributed by atoms with Crippen LogP contribution in [0.3, 0.4) is 0 Å². The lowest BCUT2D eigenvalue weighted by Gasteiger charge is -2.23. The lowest BCUT2D eigenvalue weighted by molar-refractivity contribution is -0.385. The number of carbonyl (C=O) groups excluding carboxylic acids is 1. The number of nitro groups is 1. The number of carboxylic acids is 1. The fraction of sp³-hybridized carbons (Fsp3) is 0.286. The molecule has 1 fully saturated rings. The molecule has 0 amide bonds. The first-order valence-corrected chi connectivity index (χ1v) is 6.62. The molecule has 0 atom stereocenters. The molecule has 9 nitrogen and oxygen atoms in total. The molecule has 1 N–H and O–H groups in total. The van der Waals surface area contributed by atoms with Crippen LogP contribution in [0.15, 0.2) is 30.4 Å². The predicted octanol–water partition coefficient (Wildman–Crippen LogP) is 1.58. The Morgan fingerprint density at radius 3 is 2.61 bits per heavy atom. The van der Waals surface area contributed by atoms with E-state index >= 15 is 0 Å². The largest absolute Gasteiger partial charge is 0.478 e. The molecule has 2 rings (SSSR count). The van der Waals surface area contributed by atoms with Crippen molar-refractivity contribution in [2.45, 2.75) is 12.7 Å². The summed E-state index contributed by atoms with van der Waals surface area (Å²) in [6, 6.07) is 3.91. The Morgan fingerprint density at radius 2 is 2.00 bits per heavy atom. The minimum absolute atomic E-state index is 0.297. The van der Waals surface area contributed by atoms with Crippen LogP contribution in [0.25, 0.3) is 0 Å². The summed E-state index contributed by atoms with van der Waals surface area (Å²) in [5.41, 5.74) is -0.0189. The van der Waals surface area contributed by atoms with Crippen molar-refractivity contribution in [3.05, 3.63) is 46.0 Å². The summed E-state index contributed by atoms with van der Waals surface area (Å²) in [6.45, 7) is 0.963. The number of hydrogen-bond donors (Lipinski definition) is 1. The molecule has 1 aromatic rings. The minimum atomic E-state index is -1.33. The van der Waals surface area contributed by atoms with Gasteiger partial charge in [0.25, 0.3) is 0 Å². The highest BCUT2D eigenvalue weighted by Crippen LogP contribution is 2.32. The maximum absolute atomic E-state index is 11.4. The van der Waals surface area contributed by atoms with Crippen LogP contribution in [0, 0.1) is 10.1 Å². The zero-order chi connectivity index (χ0) is 16.8. The van der Waals surface area contributed by atoms with Crippen molar-refractivity contribution in [3.63, 3.8) is 0 Å². The van der Waals surface area contributed by atoms with E-state index in [2.05, 4.69) is 0 Å². The topological polar surface area (TPSA) is 125 Å². The standard InChI is InChI=1S/C14H13NO8/c16-12(17)4-5-13(18)23-11-3-2-9(8-10(11)15(19)20)14-21-6-1-7-22-14/h2-5,8,14H,1,6-7H2,(H,16,17)/b5-4+. The number of nitrogens with zero attached hydrogens (tertiary/aromatic N) is 1. The second kappa shape index (κ2) is 7.47. The maximum atomic E-state index is 11.4. The molecule has 1 aromatic carbocycles. The number of carboxylic acid groups (broad SMARTS) is 1. The lowest BCUT2D eigenvalue weighted by Crippen LogP contribution is -2.18.